The number of hydrogen-bond acceptors (Lipinski definition) is 5. The molecule has 0 radical (unpaired) electrons. The average molecular weight is 249 g/mol. The first-order chi connectivity index (χ1) is 8.31. The third kappa shape index (κ3) is 2.88. The van der Waals surface area contributed by atoms with Gasteiger partial charge in [-0.25, -0.2) is 4.98 Å². The fourth-order valence-electron chi connectivity index (χ4n) is 1.49. The number of thiazole rings is 1. The van der Waals surface area contributed by atoms with Crippen LogP contribution in [-0.2, 0) is 6.54 Å². The van der Waals surface area contributed by atoms with Crippen LogP contribution in [0.25, 0.3) is 0 Å². The third-order valence-electron chi connectivity index (χ3n) is 2.31. The smallest absolute Gasteiger partial charge is 0.144 e. The zero-order valence-corrected chi connectivity index (χ0v) is 10.5. The molecule has 0 aliphatic rings. The molecule has 0 spiro atoms. The first-order valence-electron chi connectivity index (χ1n) is 5.43. The Morgan fingerprint density at radius 1 is 1.47 bits per heavy atom. The molecule has 0 atom stereocenters. The molecule has 0 saturated carbocycles. The highest BCUT2D eigenvalue weighted by atomic mass is 32.1. The predicted octanol–water partition coefficient (Wildman–Crippen LogP) is 2.74. The van der Waals surface area contributed by atoms with Crippen molar-refractivity contribution in [3.63, 3.8) is 0 Å². The molecule has 4 nitrogen and oxygen atoms in total. The maximum absolute atomic E-state index is 6.00. The first kappa shape index (κ1) is 11.7. The Morgan fingerprint density at radius 2 is 2.35 bits per heavy atom. The summed E-state index contributed by atoms with van der Waals surface area (Å²) in [7, 11) is 0. The molecule has 0 amide bonds. The van der Waals surface area contributed by atoms with Crippen LogP contribution in [0.4, 0.5) is 11.4 Å². The minimum absolute atomic E-state index is 0.611. The van der Waals surface area contributed by atoms with Gasteiger partial charge in [-0.3, -0.25) is 0 Å². The van der Waals surface area contributed by atoms with Gasteiger partial charge < -0.3 is 15.8 Å². The van der Waals surface area contributed by atoms with Crippen molar-refractivity contribution in [1.82, 2.24) is 4.98 Å². The van der Waals surface area contributed by atoms with E-state index in [0.717, 1.165) is 17.1 Å². The van der Waals surface area contributed by atoms with Crippen LogP contribution >= 0.6 is 11.3 Å². The van der Waals surface area contributed by atoms with Crippen molar-refractivity contribution < 1.29 is 4.74 Å². The standard InChI is InChI=1S/C12H15N3OS/c1-2-16-11-5-3-4-10(12(11)13)14-6-9-7-17-8-15-9/h3-5,7-8,14H,2,6,13H2,1H3. The van der Waals surface area contributed by atoms with E-state index in [4.69, 9.17) is 10.5 Å². The van der Waals surface area contributed by atoms with Crippen molar-refractivity contribution >= 4 is 22.7 Å². The zero-order valence-electron chi connectivity index (χ0n) is 9.64. The topological polar surface area (TPSA) is 60.2 Å². The number of nitrogens with two attached hydrogens (primary N) is 1. The van der Waals surface area contributed by atoms with Crippen molar-refractivity contribution in [2.45, 2.75) is 13.5 Å². The van der Waals surface area contributed by atoms with Gasteiger partial charge in [-0.1, -0.05) is 6.07 Å². The highest BCUT2D eigenvalue weighted by Gasteiger charge is 2.05. The molecular formula is C12H15N3OS. The summed E-state index contributed by atoms with van der Waals surface area (Å²) in [6, 6.07) is 5.72. The molecule has 0 bridgehead atoms. The summed E-state index contributed by atoms with van der Waals surface area (Å²) in [5.74, 6) is 0.718. The number of nitrogen functional groups attached to an aromatic ring is 1. The largest absolute Gasteiger partial charge is 0.492 e. The molecule has 1 aromatic heterocycles. The second-order valence-electron chi connectivity index (χ2n) is 3.48. The Kier molecular flexibility index (Phi) is 3.82. The van der Waals surface area contributed by atoms with Gasteiger partial charge in [0.25, 0.3) is 0 Å². The van der Waals surface area contributed by atoms with Crippen LogP contribution in [0.3, 0.4) is 0 Å². The van der Waals surface area contributed by atoms with Crippen molar-refractivity contribution in [2.24, 2.45) is 0 Å². The van der Waals surface area contributed by atoms with Crippen LogP contribution in [0.1, 0.15) is 12.6 Å². The lowest BCUT2D eigenvalue weighted by Crippen LogP contribution is -2.04. The Bertz CT molecular complexity index is 471. The lowest BCUT2D eigenvalue weighted by Gasteiger charge is -2.12. The lowest BCUT2D eigenvalue weighted by atomic mass is 10.2. The second-order valence-corrected chi connectivity index (χ2v) is 4.20. The summed E-state index contributed by atoms with van der Waals surface area (Å²) in [4.78, 5) is 4.20. The summed E-state index contributed by atoms with van der Waals surface area (Å²) in [6.45, 7) is 3.22. The molecule has 2 aromatic rings. The Morgan fingerprint density at radius 3 is 3.06 bits per heavy atom. The fraction of sp³-hybridized carbons (Fsp3) is 0.250. The number of para-hydroxylation sites is 1. The monoisotopic (exact) mass is 249 g/mol. The minimum atomic E-state index is 0.611. The van der Waals surface area contributed by atoms with Gasteiger partial charge in [0.15, 0.2) is 0 Å². The Hall–Kier alpha value is -1.75. The Labute approximate surface area is 104 Å². The molecule has 3 N–H and O–H groups in total. The maximum Gasteiger partial charge on any atom is 0.144 e. The summed E-state index contributed by atoms with van der Waals surface area (Å²) in [5.41, 5.74) is 10.4. The van der Waals surface area contributed by atoms with E-state index in [2.05, 4.69) is 10.3 Å². The number of hydrogen-bond donors (Lipinski definition) is 2. The number of nitrogens with one attached hydrogen (secondary N) is 1. The zero-order chi connectivity index (χ0) is 12.1. The number of nitrogens with zero attached hydrogens (tertiary/aromatic N) is 1. The van der Waals surface area contributed by atoms with Crippen LogP contribution < -0.4 is 15.8 Å². The van der Waals surface area contributed by atoms with Gasteiger partial charge in [-0.2, -0.15) is 0 Å². The maximum atomic E-state index is 6.00. The molecule has 5 heteroatoms. The molecule has 1 aromatic carbocycles. The molecule has 0 aliphatic heterocycles. The molecule has 17 heavy (non-hydrogen) atoms. The fourth-order valence-corrected chi connectivity index (χ4v) is 2.05. The number of rotatable bonds is 5. The predicted molar refractivity (Wildman–Crippen MR) is 71.5 cm³/mol. The quantitative estimate of drug-likeness (QED) is 0.800. The van der Waals surface area contributed by atoms with E-state index in [0.29, 0.717) is 18.8 Å². The summed E-state index contributed by atoms with van der Waals surface area (Å²) in [5, 5.41) is 5.26. The molecule has 90 valence electrons. The first-order valence-corrected chi connectivity index (χ1v) is 6.37. The van der Waals surface area contributed by atoms with Crippen LogP contribution in [0, 0.1) is 0 Å². The van der Waals surface area contributed by atoms with Gasteiger partial charge in [-0.15, -0.1) is 11.3 Å². The van der Waals surface area contributed by atoms with Crippen molar-refractivity contribution in [3.05, 3.63) is 34.8 Å². The van der Waals surface area contributed by atoms with E-state index in [9.17, 15) is 0 Å². The highest BCUT2D eigenvalue weighted by molar-refractivity contribution is 7.07. The Balaban J connectivity index is 2.07. The number of anilines is 2. The third-order valence-corrected chi connectivity index (χ3v) is 2.94. The van der Waals surface area contributed by atoms with Gasteiger partial charge in [0.05, 0.1) is 35.7 Å². The second kappa shape index (κ2) is 5.54. The van der Waals surface area contributed by atoms with Gasteiger partial charge in [0.1, 0.15) is 5.75 Å². The van der Waals surface area contributed by atoms with Crippen LogP contribution in [-0.4, -0.2) is 11.6 Å². The number of aromatic nitrogens is 1. The minimum Gasteiger partial charge on any atom is -0.492 e. The summed E-state index contributed by atoms with van der Waals surface area (Å²) >= 11 is 1.58. The van der Waals surface area contributed by atoms with E-state index in [1.165, 1.54) is 0 Å². The van der Waals surface area contributed by atoms with E-state index < -0.39 is 0 Å². The van der Waals surface area contributed by atoms with Crippen molar-refractivity contribution in [1.29, 1.82) is 0 Å². The molecule has 2 rings (SSSR count). The molecule has 0 fully saturated rings. The molecule has 1 heterocycles. The molecule has 0 saturated heterocycles. The van der Waals surface area contributed by atoms with Gasteiger partial charge >= 0.3 is 0 Å². The number of benzene rings is 1. The van der Waals surface area contributed by atoms with Gasteiger partial charge in [-0.05, 0) is 19.1 Å². The highest BCUT2D eigenvalue weighted by Crippen LogP contribution is 2.29. The van der Waals surface area contributed by atoms with Crippen molar-refractivity contribution in [2.75, 3.05) is 17.7 Å². The number of ether oxygens (including phenoxy) is 1. The molecular weight excluding hydrogens is 234 g/mol. The van der Waals surface area contributed by atoms with E-state index in [1.54, 1.807) is 11.3 Å². The average Bonchev–Trinajstić information content (AvgIpc) is 2.83. The van der Waals surface area contributed by atoms with Gasteiger partial charge in [0, 0.05) is 5.38 Å². The molecule has 0 unspecified atom stereocenters. The lowest BCUT2D eigenvalue weighted by molar-refractivity contribution is 0.342. The van der Waals surface area contributed by atoms with Crippen LogP contribution in [0.5, 0.6) is 5.75 Å². The SMILES string of the molecule is CCOc1cccc(NCc2cscn2)c1N. The normalized spacial score (nSPS) is 10.2. The van der Waals surface area contributed by atoms with E-state index >= 15 is 0 Å². The van der Waals surface area contributed by atoms with E-state index in [-0.39, 0.29) is 0 Å². The van der Waals surface area contributed by atoms with Crippen LogP contribution in [0.2, 0.25) is 0 Å². The van der Waals surface area contributed by atoms with Crippen molar-refractivity contribution in [3.8, 4) is 5.75 Å². The summed E-state index contributed by atoms with van der Waals surface area (Å²) in [6.07, 6.45) is 0. The van der Waals surface area contributed by atoms with E-state index in [1.807, 2.05) is 36.0 Å². The summed E-state index contributed by atoms with van der Waals surface area (Å²) < 4.78 is 5.44. The molecule has 0 aliphatic carbocycles. The van der Waals surface area contributed by atoms with Gasteiger partial charge in [0.2, 0.25) is 0 Å². The van der Waals surface area contributed by atoms with Crippen LogP contribution in [0.15, 0.2) is 29.1 Å².